The SMILES string of the molecule is C[PH+](C)c1ccccc1.C[PH+](C)c1ccccc1.FC(F)(F)c1cc(-c2ccccn2)n[n-]1.FC(F)(F)c1cc(-c2ccccn2)n[n-]1.[Os+2]. The predicted molar refractivity (Wildman–Crippen MR) is 184 cm³/mol. The van der Waals surface area contributed by atoms with Gasteiger partial charge in [-0.2, -0.15) is 26.3 Å². The van der Waals surface area contributed by atoms with Crippen LogP contribution in [0, 0.1) is 0 Å². The van der Waals surface area contributed by atoms with E-state index in [4.69, 9.17) is 0 Å². The molecule has 0 saturated carbocycles. The van der Waals surface area contributed by atoms with Crippen LogP contribution in [0.4, 0.5) is 26.3 Å². The molecule has 0 aliphatic carbocycles. The van der Waals surface area contributed by atoms with Crippen LogP contribution in [0.1, 0.15) is 11.4 Å². The number of halogens is 6. The van der Waals surface area contributed by atoms with Gasteiger partial charge in [-0.15, -0.1) is 0 Å². The van der Waals surface area contributed by atoms with Crippen LogP contribution in [-0.2, 0) is 32.1 Å². The fourth-order valence-electron chi connectivity index (χ4n) is 3.69. The van der Waals surface area contributed by atoms with Gasteiger partial charge in [0.2, 0.25) is 0 Å². The van der Waals surface area contributed by atoms with E-state index in [9.17, 15) is 26.3 Å². The van der Waals surface area contributed by atoms with Gasteiger partial charge >= 0.3 is 32.1 Å². The van der Waals surface area contributed by atoms with Gasteiger partial charge < -0.3 is 20.4 Å². The van der Waals surface area contributed by atoms with E-state index in [0.717, 1.165) is 12.1 Å². The molecule has 0 aliphatic heterocycles. The molecule has 15 heteroatoms. The summed E-state index contributed by atoms with van der Waals surface area (Å²) in [6.45, 7) is 9.22. The fraction of sp³-hybridized carbons (Fsp3) is 0.176. The zero-order chi connectivity index (χ0) is 35.2. The first-order valence-corrected chi connectivity index (χ1v) is 19.4. The summed E-state index contributed by atoms with van der Waals surface area (Å²) in [5, 5.41) is 16.0. The van der Waals surface area contributed by atoms with Gasteiger partial charge in [0.15, 0.2) is 0 Å². The number of hydrogen-bond donors (Lipinski definition) is 0. The van der Waals surface area contributed by atoms with E-state index < -0.39 is 23.7 Å². The largest absolute Gasteiger partial charge is 2.00 e. The Bertz CT molecular complexity index is 1620. The van der Waals surface area contributed by atoms with Crippen LogP contribution in [0.5, 0.6) is 0 Å². The van der Waals surface area contributed by atoms with Gasteiger partial charge in [-0.25, -0.2) is 0 Å². The van der Waals surface area contributed by atoms with Crippen molar-refractivity contribution in [3.8, 4) is 22.8 Å². The molecule has 0 radical (unpaired) electrons. The molecule has 0 atom stereocenters. The number of nitrogens with zero attached hydrogens (tertiary/aromatic N) is 6. The minimum atomic E-state index is -4.46. The van der Waals surface area contributed by atoms with Gasteiger partial charge in [0.05, 0.1) is 60.0 Å². The molecule has 0 N–H and O–H groups in total. The summed E-state index contributed by atoms with van der Waals surface area (Å²) in [4.78, 5) is 7.75. The van der Waals surface area contributed by atoms with Crippen LogP contribution in [0.15, 0.2) is 122 Å². The first kappa shape index (κ1) is 41.4. The van der Waals surface area contributed by atoms with Crippen molar-refractivity contribution in [3.63, 3.8) is 0 Å². The zero-order valence-corrected chi connectivity index (χ0v) is 31.4. The summed E-state index contributed by atoms with van der Waals surface area (Å²) in [6.07, 6.45) is -5.95. The Labute approximate surface area is 296 Å². The van der Waals surface area contributed by atoms with E-state index in [-0.39, 0.29) is 47.0 Å². The van der Waals surface area contributed by atoms with Crippen molar-refractivity contribution in [3.05, 3.63) is 133 Å². The van der Waals surface area contributed by atoms with E-state index in [2.05, 4.69) is 118 Å². The zero-order valence-electron chi connectivity index (χ0n) is 26.9. The van der Waals surface area contributed by atoms with Crippen molar-refractivity contribution in [1.82, 2.24) is 30.4 Å². The number of hydrogen-bond acceptors (Lipinski definition) is 4. The molecule has 0 aliphatic rings. The summed E-state index contributed by atoms with van der Waals surface area (Å²) in [5.41, 5.74) is -0.988. The summed E-state index contributed by atoms with van der Waals surface area (Å²) in [6, 6.07) is 32.9. The van der Waals surface area contributed by atoms with Gasteiger partial charge in [-0.1, -0.05) is 48.5 Å². The van der Waals surface area contributed by atoms with E-state index in [1.165, 1.54) is 23.0 Å². The van der Waals surface area contributed by atoms with Crippen LogP contribution in [0.25, 0.3) is 22.8 Å². The van der Waals surface area contributed by atoms with Gasteiger partial charge in [0, 0.05) is 28.2 Å². The average molecular weight is 893 g/mol. The number of pyridine rings is 2. The van der Waals surface area contributed by atoms with Crippen molar-refractivity contribution in [2.24, 2.45) is 0 Å². The first-order chi connectivity index (χ1) is 22.8. The molecular weight excluding hydrogens is 859 g/mol. The van der Waals surface area contributed by atoms with E-state index in [0.29, 0.717) is 11.4 Å². The Balaban J connectivity index is 0.000000232. The third-order valence-electron chi connectivity index (χ3n) is 6.22. The third-order valence-corrected chi connectivity index (χ3v) is 9.19. The minimum Gasteiger partial charge on any atom is -0.571 e. The maximum Gasteiger partial charge on any atom is 2.00 e. The second-order valence-corrected chi connectivity index (χ2v) is 15.5. The summed E-state index contributed by atoms with van der Waals surface area (Å²) in [7, 11) is -0.424. The maximum atomic E-state index is 12.2. The molecule has 4 aromatic heterocycles. The second-order valence-electron chi connectivity index (χ2n) is 10.4. The standard InChI is InChI=1S/2C9H5F3N3.2C8H11P.Os/c2*10-9(11,12)8-5-7(14-15-8)6-3-1-2-4-13-6;2*1-9(2)8-6-4-3-5-7-8;/h2*1-5H;2*3-7H,1-2H3;/q2*-1;;;+2/p+2. The van der Waals surface area contributed by atoms with Crippen molar-refractivity contribution in [2.45, 2.75) is 12.4 Å². The van der Waals surface area contributed by atoms with Crippen LogP contribution >= 0.6 is 15.8 Å². The van der Waals surface area contributed by atoms with E-state index >= 15 is 0 Å². The van der Waals surface area contributed by atoms with Crippen molar-refractivity contribution >= 4 is 26.5 Å². The molecule has 0 amide bonds. The molecular formula is C34H34F6N6OsP2+2. The maximum absolute atomic E-state index is 12.2. The summed E-state index contributed by atoms with van der Waals surface area (Å²) >= 11 is 0. The first-order valence-electron chi connectivity index (χ1n) is 14.4. The quantitative estimate of drug-likeness (QED) is 0.133. The second kappa shape index (κ2) is 20.0. The van der Waals surface area contributed by atoms with Crippen molar-refractivity contribution in [1.29, 1.82) is 0 Å². The van der Waals surface area contributed by atoms with Crippen LogP contribution < -0.4 is 20.8 Å². The fourth-order valence-corrected chi connectivity index (χ4v) is 5.41. The molecule has 6 nitrogen and oxygen atoms in total. The van der Waals surface area contributed by atoms with Crippen LogP contribution in [0.2, 0.25) is 0 Å². The molecule has 6 rings (SSSR count). The molecule has 2 aromatic carbocycles. The monoisotopic (exact) mass is 894 g/mol. The Morgan fingerprint density at radius 1 is 0.469 bits per heavy atom. The normalized spacial score (nSPS) is 10.9. The van der Waals surface area contributed by atoms with Gasteiger partial charge in [0.25, 0.3) is 0 Å². The number of alkyl halides is 6. The molecule has 0 bridgehead atoms. The molecule has 6 aromatic rings. The minimum absolute atomic E-state index is 0. The molecule has 0 spiro atoms. The molecule has 4 heterocycles. The third kappa shape index (κ3) is 14.3. The molecule has 0 unspecified atom stereocenters. The molecule has 49 heavy (non-hydrogen) atoms. The smallest absolute Gasteiger partial charge is 0.571 e. The van der Waals surface area contributed by atoms with Crippen LogP contribution in [0.3, 0.4) is 0 Å². The van der Waals surface area contributed by atoms with Crippen molar-refractivity contribution in [2.75, 3.05) is 26.7 Å². The summed E-state index contributed by atoms with van der Waals surface area (Å²) in [5.74, 6) is 0. The van der Waals surface area contributed by atoms with Gasteiger partial charge in [-0.3, -0.25) is 9.97 Å². The van der Waals surface area contributed by atoms with E-state index in [1.54, 1.807) is 36.4 Å². The predicted octanol–water partition coefficient (Wildman–Crippen LogP) is 7.81. The molecule has 258 valence electrons. The molecule has 0 fully saturated rings. The number of aromatic nitrogens is 6. The Morgan fingerprint density at radius 3 is 1.02 bits per heavy atom. The summed E-state index contributed by atoms with van der Waals surface area (Å²) < 4.78 is 73.2. The Hall–Kier alpha value is -3.76. The average Bonchev–Trinajstić information content (AvgIpc) is 3.79. The van der Waals surface area contributed by atoms with Gasteiger partial charge in [0.1, 0.15) is 0 Å². The topological polar surface area (TPSA) is 79.8 Å². The van der Waals surface area contributed by atoms with E-state index in [1.807, 2.05) is 0 Å². The molecule has 0 saturated heterocycles. The van der Waals surface area contributed by atoms with Crippen LogP contribution in [-0.4, -0.2) is 46.8 Å². The van der Waals surface area contributed by atoms with Gasteiger partial charge in [-0.05, 0) is 72.1 Å². The number of rotatable bonds is 4. The van der Waals surface area contributed by atoms with Crippen molar-refractivity contribution < 1.29 is 46.1 Å². The Kier molecular flexibility index (Phi) is 16.9. The Morgan fingerprint density at radius 2 is 0.796 bits per heavy atom. The number of benzene rings is 2.